The van der Waals surface area contributed by atoms with Crippen LogP contribution in [0.2, 0.25) is 0 Å². The van der Waals surface area contributed by atoms with Crippen LogP contribution in [-0.4, -0.2) is 18.3 Å². The van der Waals surface area contributed by atoms with Gasteiger partial charge < -0.3 is 9.31 Å². The lowest BCUT2D eigenvalue weighted by Crippen LogP contribution is -2.41. The molecule has 1 atom stereocenters. The van der Waals surface area contributed by atoms with E-state index in [2.05, 4.69) is 52.8 Å². The average molecular weight is 222 g/mol. The van der Waals surface area contributed by atoms with Gasteiger partial charge in [0.05, 0.1) is 11.2 Å². The number of hydrogen-bond acceptors (Lipinski definition) is 2. The molecule has 1 fully saturated rings. The van der Waals surface area contributed by atoms with Crippen molar-refractivity contribution < 1.29 is 9.31 Å². The number of rotatable bonds is 3. The summed E-state index contributed by atoms with van der Waals surface area (Å²) in [5.74, 6) is 2.42. The average Bonchev–Trinajstić information content (AvgIpc) is 2.33. The van der Waals surface area contributed by atoms with Gasteiger partial charge in [-0.15, -0.1) is 0 Å². The zero-order chi connectivity index (χ0) is 12.4. The van der Waals surface area contributed by atoms with Crippen LogP contribution in [0, 0.1) is 5.92 Å². The van der Waals surface area contributed by atoms with Gasteiger partial charge in [0.1, 0.15) is 0 Å². The fourth-order valence-electron chi connectivity index (χ4n) is 1.60. The maximum atomic E-state index is 5.86. The Bertz CT molecular complexity index is 276. The molecule has 0 N–H and O–H groups in total. The van der Waals surface area contributed by atoms with Gasteiger partial charge in [0.25, 0.3) is 0 Å². The molecule has 0 amide bonds. The van der Waals surface area contributed by atoms with E-state index in [1.54, 1.807) is 0 Å². The van der Waals surface area contributed by atoms with E-state index in [-0.39, 0.29) is 18.3 Å². The van der Waals surface area contributed by atoms with Crippen molar-refractivity contribution in [3.63, 3.8) is 0 Å². The smallest absolute Gasteiger partial charge is 0.400 e. The SMILES string of the molecule is C/C=C\C(C)/C=C/B1OC(C)(C)C(C)(C)O1. The molecule has 3 heteroatoms. The molecule has 0 aromatic rings. The van der Waals surface area contributed by atoms with Crippen LogP contribution in [0.1, 0.15) is 41.5 Å². The summed E-state index contributed by atoms with van der Waals surface area (Å²) in [4.78, 5) is 0. The zero-order valence-corrected chi connectivity index (χ0v) is 11.3. The minimum absolute atomic E-state index is 0.224. The summed E-state index contributed by atoms with van der Waals surface area (Å²) in [6.07, 6.45) is 6.31. The van der Waals surface area contributed by atoms with Crippen molar-refractivity contribution in [2.24, 2.45) is 5.92 Å². The maximum Gasteiger partial charge on any atom is 0.486 e. The second kappa shape index (κ2) is 4.76. The second-order valence-corrected chi connectivity index (χ2v) is 5.39. The van der Waals surface area contributed by atoms with Crippen molar-refractivity contribution in [2.75, 3.05) is 0 Å². The van der Waals surface area contributed by atoms with Crippen molar-refractivity contribution in [3.05, 3.63) is 24.2 Å². The molecule has 0 aromatic carbocycles. The van der Waals surface area contributed by atoms with E-state index in [0.29, 0.717) is 5.92 Å². The molecule has 1 rings (SSSR count). The largest absolute Gasteiger partial charge is 0.486 e. The molecule has 2 nitrogen and oxygen atoms in total. The Morgan fingerprint density at radius 3 is 1.94 bits per heavy atom. The molecule has 1 saturated heterocycles. The van der Waals surface area contributed by atoms with Gasteiger partial charge in [0, 0.05) is 0 Å². The highest BCUT2D eigenvalue weighted by Gasteiger charge is 2.49. The molecule has 0 aromatic heterocycles. The van der Waals surface area contributed by atoms with Crippen molar-refractivity contribution >= 4 is 7.12 Å². The van der Waals surface area contributed by atoms with Crippen LogP contribution in [-0.2, 0) is 9.31 Å². The van der Waals surface area contributed by atoms with Gasteiger partial charge in [0.2, 0.25) is 0 Å². The lowest BCUT2D eigenvalue weighted by molar-refractivity contribution is 0.00578. The fourth-order valence-corrected chi connectivity index (χ4v) is 1.60. The van der Waals surface area contributed by atoms with Crippen LogP contribution < -0.4 is 0 Å². The summed E-state index contributed by atoms with van der Waals surface area (Å²) in [7, 11) is -0.224. The Labute approximate surface area is 99.9 Å². The standard InChI is InChI=1S/C13H23BO2/c1-7-8-11(2)9-10-14-15-12(3,4)13(5,6)16-14/h7-11H,1-6H3/b8-7-,10-9+. The molecule has 1 aliphatic rings. The van der Waals surface area contributed by atoms with Gasteiger partial charge in [-0.2, -0.15) is 0 Å². The van der Waals surface area contributed by atoms with Crippen LogP contribution in [0.5, 0.6) is 0 Å². The van der Waals surface area contributed by atoms with Crippen LogP contribution in [0.3, 0.4) is 0 Å². The summed E-state index contributed by atoms with van der Waals surface area (Å²) < 4.78 is 11.7. The predicted molar refractivity (Wildman–Crippen MR) is 69.2 cm³/mol. The molecule has 16 heavy (non-hydrogen) atoms. The van der Waals surface area contributed by atoms with E-state index in [9.17, 15) is 0 Å². The monoisotopic (exact) mass is 222 g/mol. The Morgan fingerprint density at radius 2 is 1.50 bits per heavy atom. The molecule has 1 unspecified atom stereocenters. The molecule has 1 aliphatic heterocycles. The third kappa shape index (κ3) is 2.99. The highest BCUT2D eigenvalue weighted by atomic mass is 16.7. The lowest BCUT2D eigenvalue weighted by atomic mass is 9.88. The zero-order valence-electron chi connectivity index (χ0n) is 11.3. The van der Waals surface area contributed by atoms with Gasteiger partial charge in [-0.3, -0.25) is 0 Å². The molecule has 0 saturated carbocycles. The minimum atomic E-state index is -0.244. The molecule has 0 spiro atoms. The predicted octanol–water partition coefficient (Wildman–Crippen LogP) is 3.39. The van der Waals surface area contributed by atoms with E-state index in [1.165, 1.54) is 0 Å². The summed E-state index contributed by atoms with van der Waals surface area (Å²) in [6, 6.07) is 0. The molecule has 1 heterocycles. The first-order valence-corrected chi connectivity index (χ1v) is 5.95. The molecule has 90 valence electrons. The van der Waals surface area contributed by atoms with Crippen molar-refractivity contribution in [1.82, 2.24) is 0 Å². The van der Waals surface area contributed by atoms with Gasteiger partial charge in [-0.25, -0.2) is 0 Å². The third-order valence-corrected chi connectivity index (χ3v) is 3.34. The molecular weight excluding hydrogens is 199 g/mol. The topological polar surface area (TPSA) is 18.5 Å². The molecule has 0 bridgehead atoms. The van der Waals surface area contributed by atoms with Crippen molar-refractivity contribution in [2.45, 2.75) is 52.7 Å². The van der Waals surface area contributed by atoms with E-state index < -0.39 is 0 Å². The van der Waals surface area contributed by atoms with Gasteiger partial charge in [0.15, 0.2) is 0 Å². The first-order valence-electron chi connectivity index (χ1n) is 5.95. The Morgan fingerprint density at radius 1 is 1.00 bits per heavy atom. The number of hydrogen-bond donors (Lipinski definition) is 0. The summed E-state index contributed by atoms with van der Waals surface area (Å²) in [5, 5.41) is 0. The van der Waals surface area contributed by atoms with Gasteiger partial charge >= 0.3 is 7.12 Å². The van der Waals surface area contributed by atoms with Gasteiger partial charge in [-0.1, -0.05) is 31.1 Å². The maximum absolute atomic E-state index is 5.86. The van der Waals surface area contributed by atoms with Crippen LogP contribution in [0.15, 0.2) is 24.2 Å². The highest BCUT2D eigenvalue weighted by molar-refractivity contribution is 6.51. The van der Waals surface area contributed by atoms with Crippen molar-refractivity contribution in [3.8, 4) is 0 Å². The van der Waals surface area contributed by atoms with E-state index in [4.69, 9.17) is 9.31 Å². The quantitative estimate of drug-likeness (QED) is 0.538. The van der Waals surface area contributed by atoms with Crippen LogP contribution in [0.4, 0.5) is 0 Å². The van der Waals surface area contributed by atoms with E-state index in [0.717, 1.165) is 0 Å². The normalized spacial score (nSPS) is 25.8. The fraction of sp³-hybridized carbons (Fsp3) is 0.692. The summed E-state index contributed by atoms with van der Waals surface area (Å²) in [5.41, 5.74) is -0.488. The van der Waals surface area contributed by atoms with E-state index in [1.807, 2.05) is 12.9 Å². The van der Waals surface area contributed by atoms with Crippen molar-refractivity contribution in [1.29, 1.82) is 0 Å². The lowest BCUT2D eigenvalue weighted by Gasteiger charge is -2.32. The van der Waals surface area contributed by atoms with Crippen LogP contribution in [0.25, 0.3) is 0 Å². The second-order valence-electron chi connectivity index (χ2n) is 5.39. The molecular formula is C13H23BO2. The molecule has 0 radical (unpaired) electrons. The molecule has 0 aliphatic carbocycles. The third-order valence-electron chi connectivity index (χ3n) is 3.34. The first-order chi connectivity index (χ1) is 7.28. The van der Waals surface area contributed by atoms with E-state index >= 15 is 0 Å². The van der Waals surface area contributed by atoms with Gasteiger partial charge in [-0.05, 0) is 40.5 Å². The first kappa shape index (κ1) is 13.5. The Balaban J connectivity index is 2.60. The summed E-state index contributed by atoms with van der Waals surface area (Å²) >= 11 is 0. The Hall–Kier alpha value is -0.535. The number of allylic oxidation sites excluding steroid dienone is 3. The Kier molecular flexibility index (Phi) is 4.03. The minimum Gasteiger partial charge on any atom is -0.400 e. The highest BCUT2D eigenvalue weighted by Crippen LogP contribution is 2.36. The summed E-state index contributed by atoms with van der Waals surface area (Å²) in [6.45, 7) is 12.4. The van der Waals surface area contributed by atoms with Crippen LogP contribution >= 0.6 is 0 Å².